The molecule has 0 amide bonds. The van der Waals surface area contributed by atoms with Gasteiger partial charge in [-0.05, 0) is 40.0 Å². The summed E-state index contributed by atoms with van der Waals surface area (Å²) in [6.45, 7) is 6.96. The Morgan fingerprint density at radius 1 is 1.09 bits per heavy atom. The molecule has 0 aromatic rings. The van der Waals surface area contributed by atoms with Crippen molar-refractivity contribution in [2.75, 3.05) is 13.7 Å². The maximum Gasteiger partial charge on any atom is 0.331 e. The molecule has 6 atom stereocenters. The average Bonchev–Trinajstić information content (AvgIpc) is 3.67. The van der Waals surface area contributed by atoms with Gasteiger partial charge in [0.2, 0.25) is 0 Å². The van der Waals surface area contributed by atoms with Crippen molar-refractivity contribution in [1.82, 2.24) is 0 Å². The molecule has 3 aliphatic rings. The number of carboxylic acids is 1. The predicted molar refractivity (Wildman–Crippen MR) is 124 cm³/mol. The van der Waals surface area contributed by atoms with Gasteiger partial charge in [0.1, 0.15) is 23.4 Å². The van der Waals surface area contributed by atoms with Crippen LogP contribution in [0.2, 0.25) is 0 Å². The number of ether oxygens (including phenoxy) is 4. The molecule has 3 rings (SSSR count). The summed E-state index contributed by atoms with van der Waals surface area (Å²) in [5.41, 5.74) is 0.642. The Hall–Kier alpha value is -2.48. The van der Waals surface area contributed by atoms with Crippen LogP contribution in [-0.4, -0.2) is 60.3 Å². The van der Waals surface area contributed by atoms with Crippen LogP contribution in [0.15, 0.2) is 60.3 Å². The fourth-order valence-electron chi connectivity index (χ4n) is 4.79. The molecule has 2 saturated heterocycles. The van der Waals surface area contributed by atoms with Crippen LogP contribution in [0.4, 0.5) is 0 Å². The minimum absolute atomic E-state index is 0.00928. The smallest absolute Gasteiger partial charge is 0.331 e. The van der Waals surface area contributed by atoms with Crippen LogP contribution in [0.5, 0.6) is 0 Å². The summed E-state index contributed by atoms with van der Waals surface area (Å²) in [4.78, 5) is 22.8. The van der Waals surface area contributed by atoms with E-state index in [4.69, 9.17) is 24.1 Å². The fraction of sp³-hybridized carbons (Fsp3) is 0.538. The van der Waals surface area contributed by atoms with E-state index in [1.54, 1.807) is 37.5 Å². The first-order valence-electron chi connectivity index (χ1n) is 11.3. The van der Waals surface area contributed by atoms with Crippen LogP contribution in [0, 0.1) is 5.92 Å². The summed E-state index contributed by atoms with van der Waals surface area (Å²) >= 11 is 0. The number of carboxylic acid groups (broad SMARTS) is 1. The van der Waals surface area contributed by atoms with E-state index in [9.17, 15) is 9.59 Å². The van der Waals surface area contributed by atoms with Crippen LogP contribution in [-0.2, 0) is 28.5 Å². The predicted octanol–water partition coefficient (Wildman–Crippen LogP) is 3.92. The lowest BCUT2D eigenvalue weighted by Gasteiger charge is -2.42. The zero-order valence-corrected chi connectivity index (χ0v) is 19.7. The number of allylic oxidation sites excluding steroid dienone is 7. The van der Waals surface area contributed by atoms with Gasteiger partial charge in [0.05, 0.1) is 18.6 Å². The number of carbonyl (C=O) groups is 2. The van der Waals surface area contributed by atoms with Gasteiger partial charge in [-0.3, -0.25) is 0 Å². The first-order chi connectivity index (χ1) is 15.7. The highest BCUT2D eigenvalue weighted by Crippen LogP contribution is 2.59. The van der Waals surface area contributed by atoms with Gasteiger partial charge in [-0.1, -0.05) is 48.1 Å². The van der Waals surface area contributed by atoms with Gasteiger partial charge in [-0.15, -0.1) is 0 Å². The molecule has 33 heavy (non-hydrogen) atoms. The summed E-state index contributed by atoms with van der Waals surface area (Å²) in [6.07, 6.45) is 16.0. The van der Waals surface area contributed by atoms with E-state index in [2.05, 4.69) is 26.8 Å². The molecule has 2 aliphatic heterocycles. The molecule has 2 heterocycles. The van der Waals surface area contributed by atoms with Gasteiger partial charge in [-0.25, -0.2) is 9.59 Å². The monoisotopic (exact) mass is 458 g/mol. The Balaban J connectivity index is 1.59. The second-order valence-corrected chi connectivity index (χ2v) is 9.18. The zero-order valence-electron chi connectivity index (χ0n) is 19.7. The van der Waals surface area contributed by atoms with Crippen molar-refractivity contribution in [3.63, 3.8) is 0 Å². The van der Waals surface area contributed by atoms with Gasteiger partial charge in [0.25, 0.3) is 0 Å². The number of esters is 1. The Morgan fingerprint density at radius 2 is 1.73 bits per heavy atom. The Bertz CT molecular complexity index is 873. The van der Waals surface area contributed by atoms with Crippen molar-refractivity contribution in [2.45, 2.75) is 69.5 Å². The van der Waals surface area contributed by atoms with Gasteiger partial charge in [0, 0.05) is 19.3 Å². The van der Waals surface area contributed by atoms with Gasteiger partial charge in [-0.2, -0.15) is 0 Å². The molecule has 0 bridgehead atoms. The molecule has 7 nitrogen and oxygen atoms in total. The molecule has 1 saturated carbocycles. The summed E-state index contributed by atoms with van der Waals surface area (Å²) in [5.74, 6) is -1.45. The molecule has 0 radical (unpaired) electrons. The van der Waals surface area contributed by atoms with Crippen LogP contribution in [0.25, 0.3) is 0 Å². The van der Waals surface area contributed by atoms with E-state index in [1.807, 2.05) is 0 Å². The highest BCUT2D eigenvalue weighted by molar-refractivity contribution is 5.82. The van der Waals surface area contributed by atoms with Crippen molar-refractivity contribution in [2.24, 2.45) is 5.92 Å². The van der Waals surface area contributed by atoms with Crippen molar-refractivity contribution in [3.05, 3.63) is 60.3 Å². The van der Waals surface area contributed by atoms with E-state index in [0.29, 0.717) is 13.0 Å². The lowest BCUT2D eigenvalue weighted by atomic mass is 9.68. The summed E-state index contributed by atoms with van der Waals surface area (Å²) in [7, 11) is 1.65. The van der Waals surface area contributed by atoms with E-state index in [1.165, 1.54) is 17.7 Å². The second-order valence-electron chi connectivity index (χ2n) is 9.18. The highest BCUT2D eigenvalue weighted by atomic mass is 16.6. The zero-order chi connectivity index (χ0) is 24.1. The number of carbonyl (C=O) groups excluding carboxylic acids is 1. The molecule has 7 heteroatoms. The third kappa shape index (κ3) is 6.31. The largest absolute Gasteiger partial charge is 0.478 e. The highest BCUT2D eigenvalue weighted by Gasteiger charge is 2.72. The maximum atomic E-state index is 12.4. The Kier molecular flexibility index (Phi) is 8.10. The minimum atomic E-state index is -1.00. The summed E-state index contributed by atoms with van der Waals surface area (Å²) < 4.78 is 23.8. The molecule has 3 fully saturated rings. The van der Waals surface area contributed by atoms with Crippen LogP contribution >= 0.6 is 0 Å². The van der Waals surface area contributed by atoms with Crippen LogP contribution in [0.1, 0.15) is 40.0 Å². The minimum Gasteiger partial charge on any atom is -0.478 e. The molecule has 1 N–H and O–H groups in total. The Labute approximate surface area is 195 Å². The number of rotatable bonds is 10. The molecule has 0 aromatic carbocycles. The van der Waals surface area contributed by atoms with E-state index < -0.39 is 11.9 Å². The lowest BCUT2D eigenvalue weighted by molar-refractivity contribution is -0.166. The van der Waals surface area contributed by atoms with Gasteiger partial charge < -0.3 is 24.1 Å². The average molecular weight is 459 g/mol. The van der Waals surface area contributed by atoms with E-state index in [-0.39, 0.29) is 35.4 Å². The number of aliphatic carboxylic acids is 1. The molecule has 1 aliphatic carbocycles. The SMILES string of the molecule is CO[C@@H]1[C@H](OC(=O)/C=C/C=C/C=C/C=C/C(=O)O)CC[C@@]2(CO2)[C@H]1[C@]1(C)O[C@@H]1CC=C(C)C. The van der Waals surface area contributed by atoms with Crippen molar-refractivity contribution in [3.8, 4) is 0 Å². The van der Waals surface area contributed by atoms with Crippen molar-refractivity contribution >= 4 is 11.9 Å². The lowest BCUT2D eigenvalue weighted by Crippen LogP contribution is -2.55. The van der Waals surface area contributed by atoms with E-state index in [0.717, 1.165) is 18.9 Å². The summed E-state index contributed by atoms with van der Waals surface area (Å²) in [6, 6.07) is 0. The molecular weight excluding hydrogens is 424 g/mol. The number of hydrogen-bond donors (Lipinski definition) is 1. The van der Waals surface area contributed by atoms with Crippen molar-refractivity contribution < 1.29 is 33.6 Å². The van der Waals surface area contributed by atoms with E-state index >= 15 is 0 Å². The first kappa shape index (κ1) is 25.1. The topological polar surface area (TPSA) is 97.9 Å². The van der Waals surface area contributed by atoms with Crippen LogP contribution < -0.4 is 0 Å². The third-order valence-corrected chi connectivity index (χ3v) is 6.53. The number of methoxy groups -OCH3 is 1. The third-order valence-electron chi connectivity index (χ3n) is 6.53. The van der Waals surface area contributed by atoms with Crippen LogP contribution in [0.3, 0.4) is 0 Å². The second kappa shape index (κ2) is 10.6. The van der Waals surface area contributed by atoms with Gasteiger partial charge in [0.15, 0.2) is 0 Å². The number of hydrogen-bond acceptors (Lipinski definition) is 6. The molecular formula is C26H34O7. The normalized spacial score (nSPS) is 35.6. The standard InChI is InChI=1S/C26H34O7/c1-18(2)13-14-20-25(3,33-20)24-23(30-4)19(15-16-26(24)17-31-26)32-22(29)12-10-8-6-5-7-9-11-21(27)28/h5-13,19-20,23-24H,14-17H2,1-4H3,(H,27,28)/b7-5+,8-6+,11-9+,12-10+/t19-,20-,23-,24-,25-,26-/m1/s1. The fourth-order valence-corrected chi connectivity index (χ4v) is 4.79. The van der Waals surface area contributed by atoms with Gasteiger partial charge >= 0.3 is 11.9 Å². The quantitative estimate of drug-likeness (QED) is 0.174. The molecule has 1 spiro atoms. The molecule has 0 unspecified atom stereocenters. The first-order valence-corrected chi connectivity index (χ1v) is 11.3. The number of epoxide rings is 2. The molecule has 0 aromatic heterocycles. The molecule has 180 valence electrons. The Morgan fingerprint density at radius 3 is 2.30 bits per heavy atom. The summed E-state index contributed by atoms with van der Waals surface area (Å²) in [5, 5.41) is 8.51. The maximum absolute atomic E-state index is 12.4. The van der Waals surface area contributed by atoms with Crippen molar-refractivity contribution in [1.29, 1.82) is 0 Å².